The van der Waals surface area contributed by atoms with Crippen LogP contribution in [-0.4, -0.2) is 39.2 Å². The summed E-state index contributed by atoms with van der Waals surface area (Å²) in [5.41, 5.74) is 3.66. The minimum absolute atomic E-state index is 0.00508. The zero-order valence-corrected chi connectivity index (χ0v) is 13.1. The highest BCUT2D eigenvalue weighted by atomic mass is 16.2. The van der Waals surface area contributed by atoms with Gasteiger partial charge in [-0.25, -0.2) is 9.78 Å². The molecular weight excluding hydrogens is 290 g/mol. The molecule has 23 heavy (non-hydrogen) atoms. The largest absolute Gasteiger partial charge is 0.324 e. The van der Waals surface area contributed by atoms with Crippen LogP contribution < -0.4 is 5.32 Å². The van der Waals surface area contributed by atoms with Crippen LogP contribution in [0.3, 0.4) is 0 Å². The smallest absolute Gasteiger partial charge is 0.321 e. The predicted octanol–water partition coefficient (Wildman–Crippen LogP) is 2.70. The summed E-state index contributed by atoms with van der Waals surface area (Å²) in [6, 6.07) is 6.21. The lowest BCUT2D eigenvalue weighted by molar-refractivity contribution is 0.191. The second kappa shape index (κ2) is 6.02. The molecule has 6 heteroatoms. The quantitative estimate of drug-likeness (QED) is 0.895. The SMILES string of the molecule is O=C(Nc1cccc2c1CCC2)N1CCCC(c2ncn[nH]2)C1. The van der Waals surface area contributed by atoms with E-state index in [4.69, 9.17) is 0 Å². The summed E-state index contributed by atoms with van der Waals surface area (Å²) < 4.78 is 0. The third-order valence-electron chi connectivity index (χ3n) is 4.92. The average molecular weight is 311 g/mol. The minimum atomic E-state index is -0.00508. The number of rotatable bonds is 2. The number of H-pyrrole nitrogens is 1. The summed E-state index contributed by atoms with van der Waals surface area (Å²) in [6.07, 6.45) is 6.93. The van der Waals surface area contributed by atoms with E-state index in [1.807, 2.05) is 17.0 Å². The molecule has 6 nitrogen and oxygen atoms in total. The first kappa shape index (κ1) is 14.2. The summed E-state index contributed by atoms with van der Waals surface area (Å²) in [4.78, 5) is 18.8. The number of hydrogen-bond acceptors (Lipinski definition) is 3. The van der Waals surface area contributed by atoms with E-state index in [9.17, 15) is 4.79 Å². The number of carbonyl (C=O) groups is 1. The van der Waals surface area contributed by atoms with Gasteiger partial charge < -0.3 is 10.2 Å². The van der Waals surface area contributed by atoms with Crippen molar-refractivity contribution in [2.24, 2.45) is 0 Å². The van der Waals surface area contributed by atoms with Gasteiger partial charge >= 0.3 is 6.03 Å². The van der Waals surface area contributed by atoms with Crippen LogP contribution in [0.15, 0.2) is 24.5 Å². The number of fused-ring (bicyclic) bond motifs is 1. The normalized spacial score (nSPS) is 20.3. The van der Waals surface area contributed by atoms with Crippen molar-refractivity contribution in [3.8, 4) is 0 Å². The van der Waals surface area contributed by atoms with Crippen molar-refractivity contribution in [3.05, 3.63) is 41.5 Å². The number of amides is 2. The maximum atomic E-state index is 12.7. The lowest BCUT2D eigenvalue weighted by atomic mass is 9.98. The van der Waals surface area contributed by atoms with Crippen molar-refractivity contribution in [1.29, 1.82) is 0 Å². The molecule has 0 bridgehead atoms. The van der Waals surface area contributed by atoms with E-state index in [0.29, 0.717) is 6.54 Å². The summed E-state index contributed by atoms with van der Waals surface area (Å²) >= 11 is 0. The zero-order valence-electron chi connectivity index (χ0n) is 13.1. The van der Waals surface area contributed by atoms with Crippen LogP contribution in [0.2, 0.25) is 0 Å². The molecule has 1 aromatic heterocycles. The summed E-state index contributed by atoms with van der Waals surface area (Å²) in [5, 5.41) is 9.97. The maximum Gasteiger partial charge on any atom is 0.321 e. The third kappa shape index (κ3) is 2.81. The Balaban J connectivity index is 1.46. The number of nitrogens with one attached hydrogen (secondary N) is 2. The second-order valence-corrected chi connectivity index (χ2v) is 6.38. The van der Waals surface area contributed by atoms with E-state index in [2.05, 4.69) is 26.6 Å². The molecule has 0 radical (unpaired) electrons. The molecule has 1 aliphatic heterocycles. The number of benzene rings is 1. The van der Waals surface area contributed by atoms with Crippen molar-refractivity contribution in [3.63, 3.8) is 0 Å². The molecule has 1 atom stereocenters. The Kier molecular flexibility index (Phi) is 3.73. The lowest BCUT2D eigenvalue weighted by Gasteiger charge is -2.31. The molecule has 1 aliphatic carbocycles. The van der Waals surface area contributed by atoms with Gasteiger partial charge in [-0.3, -0.25) is 5.10 Å². The molecule has 0 spiro atoms. The van der Waals surface area contributed by atoms with E-state index in [1.165, 1.54) is 23.9 Å². The molecular formula is C17H21N5O. The number of likely N-dealkylation sites (tertiary alicyclic amines) is 1. The zero-order chi connectivity index (χ0) is 15.6. The number of piperidine rings is 1. The molecule has 1 aromatic carbocycles. The number of nitrogens with zero attached hydrogens (tertiary/aromatic N) is 3. The van der Waals surface area contributed by atoms with Crippen molar-refractivity contribution in [2.75, 3.05) is 18.4 Å². The molecule has 2 aromatic rings. The Labute approximate surface area is 135 Å². The highest BCUT2D eigenvalue weighted by Gasteiger charge is 2.27. The van der Waals surface area contributed by atoms with Crippen LogP contribution in [0.1, 0.15) is 42.1 Å². The van der Waals surface area contributed by atoms with Crippen LogP contribution >= 0.6 is 0 Å². The van der Waals surface area contributed by atoms with E-state index >= 15 is 0 Å². The molecule has 1 fully saturated rings. The highest BCUT2D eigenvalue weighted by Crippen LogP contribution is 2.30. The summed E-state index contributed by atoms with van der Waals surface area (Å²) in [6.45, 7) is 1.49. The van der Waals surface area contributed by atoms with Crippen molar-refractivity contribution >= 4 is 11.7 Å². The van der Waals surface area contributed by atoms with Gasteiger partial charge in [0.05, 0.1) is 0 Å². The van der Waals surface area contributed by atoms with Gasteiger partial charge in [0.2, 0.25) is 0 Å². The van der Waals surface area contributed by atoms with Crippen LogP contribution in [0.25, 0.3) is 0 Å². The van der Waals surface area contributed by atoms with E-state index in [-0.39, 0.29) is 11.9 Å². The fourth-order valence-corrected chi connectivity index (χ4v) is 3.73. The molecule has 4 rings (SSSR count). The van der Waals surface area contributed by atoms with E-state index < -0.39 is 0 Å². The van der Waals surface area contributed by atoms with Gasteiger partial charge in [0, 0.05) is 24.7 Å². The summed E-state index contributed by atoms with van der Waals surface area (Å²) in [5.74, 6) is 1.13. The Morgan fingerprint density at radius 2 is 2.26 bits per heavy atom. The monoisotopic (exact) mass is 311 g/mol. The molecule has 1 saturated heterocycles. The van der Waals surface area contributed by atoms with Gasteiger partial charge in [0.1, 0.15) is 12.2 Å². The number of anilines is 1. The molecule has 0 saturated carbocycles. The Morgan fingerprint density at radius 3 is 3.13 bits per heavy atom. The number of urea groups is 1. The van der Waals surface area contributed by atoms with Gasteiger partial charge in [-0.2, -0.15) is 5.10 Å². The first-order valence-corrected chi connectivity index (χ1v) is 8.33. The fraction of sp³-hybridized carbons (Fsp3) is 0.471. The van der Waals surface area contributed by atoms with Gasteiger partial charge in [0.15, 0.2) is 0 Å². The number of carbonyl (C=O) groups excluding carboxylic acids is 1. The van der Waals surface area contributed by atoms with Crippen LogP contribution in [0.4, 0.5) is 10.5 Å². The minimum Gasteiger partial charge on any atom is -0.324 e. The molecule has 120 valence electrons. The number of aromatic amines is 1. The molecule has 2 amide bonds. The van der Waals surface area contributed by atoms with Gasteiger partial charge in [0.25, 0.3) is 0 Å². The van der Waals surface area contributed by atoms with Crippen LogP contribution in [-0.2, 0) is 12.8 Å². The van der Waals surface area contributed by atoms with Crippen molar-refractivity contribution in [2.45, 2.75) is 38.0 Å². The lowest BCUT2D eigenvalue weighted by Crippen LogP contribution is -2.42. The standard InChI is InChI=1S/C17H21N5O/c23-17(20-15-8-2-5-12-4-1-7-14(12)15)22-9-3-6-13(10-22)16-18-11-19-21-16/h2,5,8,11,13H,1,3-4,6-7,9-10H2,(H,20,23)(H,18,19,21). The Bertz CT molecular complexity index is 697. The second-order valence-electron chi connectivity index (χ2n) is 6.38. The summed E-state index contributed by atoms with van der Waals surface area (Å²) in [7, 11) is 0. The maximum absolute atomic E-state index is 12.7. The third-order valence-corrected chi connectivity index (χ3v) is 4.92. The molecule has 2 N–H and O–H groups in total. The van der Waals surface area contributed by atoms with Gasteiger partial charge in [-0.15, -0.1) is 0 Å². The molecule has 1 unspecified atom stereocenters. The topological polar surface area (TPSA) is 73.9 Å². The van der Waals surface area contributed by atoms with Gasteiger partial charge in [-0.1, -0.05) is 12.1 Å². The van der Waals surface area contributed by atoms with E-state index in [1.54, 1.807) is 0 Å². The Hall–Kier alpha value is -2.37. The van der Waals surface area contributed by atoms with Gasteiger partial charge in [-0.05, 0) is 49.3 Å². The first-order chi connectivity index (χ1) is 11.3. The number of aryl methyl sites for hydroxylation is 1. The highest BCUT2D eigenvalue weighted by molar-refractivity contribution is 5.90. The van der Waals surface area contributed by atoms with Crippen LogP contribution in [0.5, 0.6) is 0 Å². The van der Waals surface area contributed by atoms with Crippen molar-refractivity contribution in [1.82, 2.24) is 20.1 Å². The molecule has 2 heterocycles. The van der Waals surface area contributed by atoms with Crippen LogP contribution in [0, 0.1) is 0 Å². The number of hydrogen-bond donors (Lipinski definition) is 2. The fourth-order valence-electron chi connectivity index (χ4n) is 3.73. The first-order valence-electron chi connectivity index (χ1n) is 8.33. The van der Waals surface area contributed by atoms with Crippen molar-refractivity contribution < 1.29 is 4.79 Å². The Morgan fingerprint density at radius 1 is 1.30 bits per heavy atom. The van der Waals surface area contributed by atoms with E-state index in [0.717, 1.165) is 43.7 Å². The molecule has 2 aliphatic rings. The average Bonchev–Trinajstić information content (AvgIpc) is 3.27. The number of aromatic nitrogens is 3. The predicted molar refractivity (Wildman–Crippen MR) is 87.4 cm³/mol.